The Kier molecular flexibility index (Phi) is 9.17. The molecule has 2 aromatic carbocycles. The molecule has 0 amide bonds. The monoisotopic (exact) mass is 568 g/mol. The molecular formula is C27H29FN6O5S. The van der Waals surface area contributed by atoms with Crippen LogP contribution in [0.15, 0.2) is 69.3 Å². The van der Waals surface area contributed by atoms with Gasteiger partial charge >= 0.3 is 5.69 Å². The second kappa shape index (κ2) is 12.7. The van der Waals surface area contributed by atoms with Crippen LogP contribution in [0.5, 0.6) is 5.75 Å². The number of aromatic nitrogens is 5. The maximum atomic E-state index is 14.0. The Morgan fingerprint density at radius 1 is 1.10 bits per heavy atom. The first-order valence-electron chi connectivity index (χ1n) is 12.3. The van der Waals surface area contributed by atoms with Gasteiger partial charge in [0.1, 0.15) is 18.0 Å². The number of thioether (sulfide) groups is 1. The van der Waals surface area contributed by atoms with Gasteiger partial charge in [0.2, 0.25) is 0 Å². The third kappa shape index (κ3) is 6.15. The lowest BCUT2D eigenvalue weighted by Gasteiger charge is -2.18. The molecule has 2 N–H and O–H groups in total. The first-order valence-corrected chi connectivity index (χ1v) is 13.3. The van der Waals surface area contributed by atoms with Crippen molar-refractivity contribution in [2.75, 3.05) is 25.2 Å². The highest BCUT2D eigenvalue weighted by Gasteiger charge is 2.24. The molecule has 4 aromatic rings. The summed E-state index contributed by atoms with van der Waals surface area (Å²) in [6.07, 6.45) is 0. The van der Waals surface area contributed by atoms with Crippen molar-refractivity contribution in [2.24, 2.45) is 7.05 Å². The van der Waals surface area contributed by atoms with E-state index in [-0.39, 0.29) is 42.1 Å². The Morgan fingerprint density at radius 3 is 2.50 bits per heavy atom. The fraction of sp³-hybridized carbons (Fsp3) is 0.296. The first kappa shape index (κ1) is 28.8. The van der Waals surface area contributed by atoms with Gasteiger partial charge in [-0.2, -0.15) is 0 Å². The second-order valence-corrected chi connectivity index (χ2v) is 9.93. The molecule has 0 fully saturated rings. The van der Waals surface area contributed by atoms with E-state index in [1.807, 2.05) is 37.3 Å². The van der Waals surface area contributed by atoms with Crippen LogP contribution >= 0.6 is 11.8 Å². The van der Waals surface area contributed by atoms with Crippen LogP contribution in [0.4, 0.5) is 10.2 Å². The molecule has 4 rings (SSSR count). The van der Waals surface area contributed by atoms with Crippen LogP contribution < -0.4 is 21.7 Å². The van der Waals surface area contributed by atoms with E-state index in [9.17, 15) is 18.8 Å². The van der Waals surface area contributed by atoms with Crippen LogP contribution in [0.3, 0.4) is 0 Å². The minimum absolute atomic E-state index is 0.0674. The molecule has 40 heavy (non-hydrogen) atoms. The van der Waals surface area contributed by atoms with Gasteiger partial charge in [0.25, 0.3) is 5.56 Å². The highest BCUT2D eigenvalue weighted by atomic mass is 32.2. The van der Waals surface area contributed by atoms with Crippen molar-refractivity contribution in [3.05, 3.63) is 98.2 Å². The number of ketones is 1. The van der Waals surface area contributed by atoms with Gasteiger partial charge in [-0.05, 0) is 24.6 Å². The fourth-order valence-electron chi connectivity index (χ4n) is 4.13. The van der Waals surface area contributed by atoms with E-state index in [4.69, 9.17) is 15.2 Å². The van der Waals surface area contributed by atoms with Crippen LogP contribution in [0, 0.1) is 5.82 Å². The van der Waals surface area contributed by atoms with Crippen molar-refractivity contribution >= 4 is 23.4 Å². The van der Waals surface area contributed by atoms with Crippen LogP contribution in [0.2, 0.25) is 0 Å². The molecule has 2 aromatic heterocycles. The Hall–Kier alpha value is -4.23. The number of halogens is 1. The number of carbonyl (C=O) groups is 1. The summed E-state index contributed by atoms with van der Waals surface area (Å²) in [4.78, 5) is 39.0. The zero-order valence-electron chi connectivity index (χ0n) is 22.2. The number of ether oxygens (including phenoxy) is 2. The lowest BCUT2D eigenvalue weighted by molar-refractivity contribution is 0.102. The van der Waals surface area contributed by atoms with Gasteiger partial charge in [0.05, 0.1) is 24.9 Å². The average Bonchev–Trinajstić information content (AvgIpc) is 3.36. The number of anilines is 1. The molecule has 0 spiro atoms. The molecule has 0 radical (unpaired) electrons. The van der Waals surface area contributed by atoms with Gasteiger partial charge in [-0.25, -0.2) is 9.18 Å². The molecule has 0 bridgehead atoms. The lowest BCUT2D eigenvalue weighted by atomic mass is 10.2. The Labute approximate surface area is 233 Å². The smallest absolute Gasteiger partial charge is 0.332 e. The number of methoxy groups -OCH3 is 1. The molecule has 210 valence electrons. The van der Waals surface area contributed by atoms with Crippen molar-refractivity contribution in [3.8, 4) is 5.75 Å². The minimum Gasteiger partial charge on any atom is -0.483 e. The molecule has 0 saturated carbocycles. The minimum atomic E-state index is -0.773. The van der Waals surface area contributed by atoms with E-state index in [1.54, 1.807) is 23.8 Å². The number of rotatable bonds is 12. The number of nitrogens with zero attached hydrogens (tertiary/aromatic N) is 5. The summed E-state index contributed by atoms with van der Waals surface area (Å²) in [5.41, 5.74) is 5.34. The predicted molar refractivity (Wildman–Crippen MR) is 148 cm³/mol. The lowest BCUT2D eigenvalue weighted by Crippen LogP contribution is -2.43. The van der Waals surface area contributed by atoms with Crippen molar-refractivity contribution in [1.82, 2.24) is 23.9 Å². The third-order valence-electron chi connectivity index (χ3n) is 6.16. The number of nitrogens with two attached hydrogens (primary N) is 1. The molecule has 2 heterocycles. The van der Waals surface area contributed by atoms with E-state index in [1.165, 1.54) is 23.7 Å². The van der Waals surface area contributed by atoms with Crippen molar-refractivity contribution in [1.29, 1.82) is 0 Å². The van der Waals surface area contributed by atoms with E-state index in [2.05, 4.69) is 10.2 Å². The molecule has 13 heteroatoms. The van der Waals surface area contributed by atoms with Gasteiger partial charge in [-0.3, -0.25) is 23.3 Å². The summed E-state index contributed by atoms with van der Waals surface area (Å²) in [5, 5.41) is 8.75. The number of hydrogen-bond acceptors (Lipinski definition) is 9. The van der Waals surface area contributed by atoms with Crippen LogP contribution in [-0.4, -0.2) is 49.2 Å². The summed E-state index contributed by atoms with van der Waals surface area (Å²) in [5.74, 6) is -1.01. The topological polar surface area (TPSA) is 136 Å². The molecule has 1 atom stereocenters. The van der Waals surface area contributed by atoms with Crippen LogP contribution in [0.25, 0.3) is 0 Å². The van der Waals surface area contributed by atoms with E-state index in [0.29, 0.717) is 17.6 Å². The number of carbonyl (C=O) groups excluding carboxylic acids is 1. The summed E-state index contributed by atoms with van der Waals surface area (Å²) in [7, 11) is 2.86. The second-order valence-electron chi connectivity index (χ2n) is 8.98. The molecule has 11 nitrogen and oxygen atoms in total. The number of para-hydroxylation sites is 1. The Balaban J connectivity index is 1.59. The summed E-state index contributed by atoms with van der Waals surface area (Å²) in [6, 6.07) is 14.9. The van der Waals surface area contributed by atoms with Crippen molar-refractivity contribution in [2.45, 2.75) is 31.3 Å². The third-order valence-corrected chi connectivity index (χ3v) is 7.10. The van der Waals surface area contributed by atoms with Crippen molar-refractivity contribution in [3.63, 3.8) is 0 Å². The summed E-state index contributed by atoms with van der Waals surface area (Å²) < 4.78 is 28.7. The Bertz CT molecular complexity index is 1620. The van der Waals surface area contributed by atoms with E-state index in [0.717, 1.165) is 21.9 Å². The van der Waals surface area contributed by atoms with Gasteiger partial charge in [-0.15, -0.1) is 10.2 Å². The quantitative estimate of drug-likeness (QED) is 0.202. The highest BCUT2D eigenvalue weighted by molar-refractivity contribution is 7.99. The Morgan fingerprint density at radius 2 is 1.80 bits per heavy atom. The fourth-order valence-corrected chi connectivity index (χ4v) is 5.06. The van der Waals surface area contributed by atoms with Crippen LogP contribution in [-0.2, 0) is 24.9 Å². The SMILES string of the molecule is COCC(C)n1c(COc2ccccc2F)nnc1SCC(=O)c1c(N)n(Cc2ccccc2)c(=O)n(C)c1=O. The average molecular weight is 569 g/mol. The standard InChI is InChI=1S/C27H29FN6O5S/c1-17(14-38-3)34-22(15-39-21-12-8-7-11-19(21)28)30-31-26(34)40-16-20(35)23-24(29)33(27(37)32(2)25(23)36)13-18-9-5-4-6-10-18/h4-12,17H,13-16,29H2,1-3H3. The van der Waals surface area contributed by atoms with Gasteiger partial charge in [0, 0.05) is 14.2 Å². The molecule has 0 aliphatic rings. The maximum Gasteiger partial charge on any atom is 0.332 e. The molecule has 1 unspecified atom stereocenters. The maximum absolute atomic E-state index is 14.0. The van der Waals surface area contributed by atoms with Gasteiger partial charge in [-0.1, -0.05) is 54.2 Å². The number of hydrogen-bond donors (Lipinski definition) is 1. The molecule has 0 aliphatic heterocycles. The zero-order chi connectivity index (χ0) is 28.8. The normalized spacial score (nSPS) is 11.9. The van der Waals surface area contributed by atoms with Crippen LogP contribution in [0.1, 0.15) is 34.7 Å². The summed E-state index contributed by atoms with van der Waals surface area (Å²) >= 11 is 1.05. The molecule has 0 saturated heterocycles. The summed E-state index contributed by atoms with van der Waals surface area (Å²) in [6.45, 7) is 2.21. The molecule has 0 aliphatic carbocycles. The van der Waals surface area contributed by atoms with Gasteiger partial charge in [0.15, 0.2) is 28.3 Å². The highest BCUT2D eigenvalue weighted by Crippen LogP contribution is 2.25. The zero-order valence-corrected chi connectivity index (χ0v) is 23.1. The van der Waals surface area contributed by atoms with E-state index < -0.39 is 22.8 Å². The number of Topliss-reactive ketones (excluding diaryl/α,β-unsaturated/α-hetero) is 1. The van der Waals surface area contributed by atoms with Gasteiger partial charge < -0.3 is 15.2 Å². The number of nitrogen functional groups attached to an aromatic ring is 1. The van der Waals surface area contributed by atoms with E-state index >= 15 is 0 Å². The first-order chi connectivity index (χ1) is 19.2. The number of benzene rings is 2. The largest absolute Gasteiger partial charge is 0.483 e. The molecular weight excluding hydrogens is 539 g/mol. The van der Waals surface area contributed by atoms with Crippen molar-refractivity contribution < 1.29 is 18.7 Å². The predicted octanol–water partition coefficient (Wildman–Crippen LogP) is 2.67.